The fourth-order valence-corrected chi connectivity index (χ4v) is 3.25. The predicted octanol–water partition coefficient (Wildman–Crippen LogP) is -0.310. The van der Waals surface area contributed by atoms with Gasteiger partial charge in [-0.05, 0) is 17.7 Å². The highest BCUT2D eigenvalue weighted by atomic mass is 16.5. The normalized spacial score (nSPS) is 20.2. The Morgan fingerprint density at radius 2 is 1.48 bits per heavy atom. The second kappa shape index (κ2) is 6.80. The van der Waals surface area contributed by atoms with E-state index in [1.165, 1.54) is 0 Å². The summed E-state index contributed by atoms with van der Waals surface area (Å²) in [6.45, 7) is 0.626. The number of amides is 6. The fourth-order valence-electron chi connectivity index (χ4n) is 3.25. The number of methoxy groups -OCH3 is 1. The minimum Gasteiger partial charge on any atom is -0.497 e. The van der Waals surface area contributed by atoms with Gasteiger partial charge in [-0.3, -0.25) is 20.2 Å². The molecule has 25 heavy (non-hydrogen) atoms. The van der Waals surface area contributed by atoms with Crippen molar-refractivity contribution in [3.63, 3.8) is 0 Å². The molecule has 1 atom stereocenters. The van der Waals surface area contributed by atoms with Gasteiger partial charge in [0.1, 0.15) is 11.7 Å². The van der Waals surface area contributed by atoms with Crippen molar-refractivity contribution in [1.82, 2.24) is 21.3 Å². The van der Waals surface area contributed by atoms with Gasteiger partial charge in [-0.15, -0.1) is 0 Å². The Labute approximate surface area is 143 Å². The second-order valence-corrected chi connectivity index (χ2v) is 5.94. The molecule has 6 amide bonds. The van der Waals surface area contributed by atoms with Crippen LogP contribution in [0.5, 0.6) is 5.75 Å². The summed E-state index contributed by atoms with van der Waals surface area (Å²) in [6, 6.07) is 5.91. The Bertz CT molecular complexity index is 688. The number of hydrogen-bond donors (Lipinski definition) is 4. The lowest BCUT2D eigenvalue weighted by Gasteiger charge is -2.36. The third-order valence-corrected chi connectivity index (χ3v) is 4.46. The molecular formula is C16H18N4O5. The molecule has 3 rings (SSSR count). The standard InChI is InChI=1S/C16H18N4O5/c1-25-10-4-2-8(3-5-10)11(9-6-17-15(23)18-7-9)12-13(21)19-16(24)20-14(12)22/h2-5,9,11-12H,6-7H2,1H3,(H2,17,18,23)(H2,19,20,21,22,24). The lowest BCUT2D eigenvalue weighted by atomic mass is 9.74. The zero-order chi connectivity index (χ0) is 18.0. The van der Waals surface area contributed by atoms with Crippen molar-refractivity contribution in [2.24, 2.45) is 11.8 Å². The van der Waals surface area contributed by atoms with Gasteiger partial charge >= 0.3 is 12.1 Å². The third-order valence-electron chi connectivity index (χ3n) is 4.46. The van der Waals surface area contributed by atoms with E-state index in [-0.39, 0.29) is 11.9 Å². The van der Waals surface area contributed by atoms with Crippen molar-refractivity contribution in [3.05, 3.63) is 29.8 Å². The van der Waals surface area contributed by atoms with E-state index in [1.54, 1.807) is 31.4 Å². The number of carbonyl (C=O) groups is 4. The molecule has 1 unspecified atom stereocenters. The molecule has 2 aliphatic rings. The SMILES string of the molecule is COc1ccc(C(C2CNC(=O)NC2)C2C(=O)NC(=O)NC2=O)cc1. The predicted molar refractivity (Wildman–Crippen MR) is 85.8 cm³/mol. The minimum absolute atomic E-state index is 0.208. The maximum atomic E-state index is 12.3. The number of ether oxygens (including phenoxy) is 1. The molecule has 132 valence electrons. The smallest absolute Gasteiger partial charge is 0.328 e. The number of nitrogens with one attached hydrogen (secondary N) is 4. The van der Waals surface area contributed by atoms with Crippen LogP contribution in [0.15, 0.2) is 24.3 Å². The van der Waals surface area contributed by atoms with Crippen LogP contribution in [0.4, 0.5) is 9.59 Å². The molecule has 0 aromatic heterocycles. The highest BCUT2D eigenvalue weighted by Crippen LogP contribution is 2.35. The van der Waals surface area contributed by atoms with Gasteiger partial charge in [-0.25, -0.2) is 9.59 Å². The zero-order valence-corrected chi connectivity index (χ0v) is 13.5. The lowest BCUT2D eigenvalue weighted by molar-refractivity contribution is -0.137. The maximum Gasteiger partial charge on any atom is 0.328 e. The van der Waals surface area contributed by atoms with E-state index in [0.29, 0.717) is 18.8 Å². The molecule has 9 nitrogen and oxygen atoms in total. The Balaban J connectivity index is 1.95. The molecule has 0 bridgehead atoms. The number of hydrogen-bond acceptors (Lipinski definition) is 5. The van der Waals surface area contributed by atoms with E-state index < -0.39 is 29.7 Å². The molecule has 2 aliphatic heterocycles. The molecule has 9 heteroatoms. The number of carbonyl (C=O) groups excluding carboxylic acids is 4. The first-order valence-corrected chi connectivity index (χ1v) is 7.81. The largest absolute Gasteiger partial charge is 0.497 e. The van der Waals surface area contributed by atoms with Gasteiger partial charge in [-0.1, -0.05) is 12.1 Å². The quantitative estimate of drug-likeness (QED) is 0.557. The highest BCUT2D eigenvalue weighted by molar-refractivity contribution is 6.16. The first-order chi connectivity index (χ1) is 12.0. The summed E-state index contributed by atoms with van der Waals surface area (Å²) in [7, 11) is 1.54. The topological polar surface area (TPSA) is 126 Å². The van der Waals surface area contributed by atoms with Gasteiger partial charge < -0.3 is 15.4 Å². The first kappa shape index (κ1) is 16.7. The molecule has 4 N–H and O–H groups in total. The third kappa shape index (κ3) is 3.39. The summed E-state index contributed by atoms with van der Waals surface area (Å²) in [5.41, 5.74) is 0.744. The van der Waals surface area contributed by atoms with Gasteiger partial charge in [-0.2, -0.15) is 0 Å². The van der Waals surface area contributed by atoms with Gasteiger partial charge in [0.05, 0.1) is 7.11 Å². The van der Waals surface area contributed by atoms with E-state index >= 15 is 0 Å². The Morgan fingerprint density at radius 3 is 2.00 bits per heavy atom. The van der Waals surface area contributed by atoms with Crippen molar-refractivity contribution in [2.45, 2.75) is 5.92 Å². The molecule has 2 fully saturated rings. The van der Waals surface area contributed by atoms with Crippen LogP contribution in [0.3, 0.4) is 0 Å². The zero-order valence-electron chi connectivity index (χ0n) is 13.5. The van der Waals surface area contributed by atoms with Crippen LogP contribution in [0.2, 0.25) is 0 Å². The molecule has 0 radical (unpaired) electrons. The molecular weight excluding hydrogens is 328 g/mol. The Kier molecular flexibility index (Phi) is 4.55. The van der Waals surface area contributed by atoms with E-state index in [2.05, 4.69) is 21.3 Å². The number of rotatable bonds is 4. The Hall–Kier alpha value is -3.10. The summed E-state index contributed by atoms with van der Waals surface area (Å²) in [4.78, 5) is 47.4. The summed E-state index contributed by atoms with van der Waals surface area (Å²) in [6.07, 6.45) is 0. The fraction of sp³-hybridized carbons (Fsp3) is 0.375. The van der Waals surface area contributed by atoms with Crippen LogP contribution in [-0.2, 0) is 9.59 Å². The van der Waals surface area contributed by atoms with Crippen LogP contribution in [0.1, 0.15) is 11.5 Å². The molecule has 1 aromatic rings. The first-order valence-electron chi connectivity index (χ1n) is 7.81. The second-order valence-electron chi connectivity index (χ2n) is 5.94. The summed E-state index contributed by atoms with van der Waals surface area (Å²) in [5, 5.41) is 9.63. The average Bonchev–Trinajstić information content (AvgIpc) is 2.59. The van der Waals surface area contributed by atoms with E-state index in [9.17, 15) is 19.2 Å². The van der Waals surface area contributed by atoms with Crippen molar-refractivity contribution in [3.8, 4) is 5.75 Å². The number of barbiturate groups is 1. The molecule has 0 aliphatic carbocycles. The van der Waals surface area contributed by atoms with Crippen molar-refractivity contribution < 1.29 is 23.9 Å². The molecule has 1 aromatic carbocycles. The van der Waals surface area contributed by atoms with Crippen LogP contribution in [-0.4, -0.2) is 44.1 Å². The number of imide groups is 2. The molecule has 0 saturated carbocycles. The maximum absolute atomic E-state index is 12.3. The van der Waals surface area contributed by atoms with Gasteiger partial charge in [0.25, 0.3) is 0 Å². The molecule has 2 saturated heterocycles. The van der Waals surface area contributed by atoms with Crippen LogP contribution in [0, 0.1) is 11.8 Å². The monoisotopic (exact) mass is 346 g/mol. The van der Waals surface area contributed by atoms with Crippen LogP contribution >= 0.6 is 0 Å². The average molecular weight is 346 g/mol. The number of benzene rings is 1. The highest BCUT2D eigenvalue weighted by Gasteiger charge is 2.44. The molecule has 0 spiro atoms. The van der Waals surface area contributed by atoms with Gasteiger partial charge in [0.2, 0.25) is 11.8 Å². The van der Waals surface area contributed by atoms with E-state index in [0.717, 1.165) is 5.56 Å². The summed E-state index contributed by atoms with van der Waals surface area (Å²) >= 11 is 0. The van der Waals surface area contributed by atoms with Gasteiger partial charge in [0.15, 0.2) is 0 Å². The minimum atomic E-state index is -1.08. The summed E-state index contributed by atoms with van der Waals surface area (Å²) in [5.74, 6) is -2.45. The van der Waals surface area contributed by atoms with E-state index in [1.807, 2.05) is 0 Å². The van der Waals surface area contributed by atoms with Crippen molar-refractivity contribution in [1.29, 1.82) is 0 Å². The van der Waals surface area contributed by atoms with E-state index in [4.69, 9.17) is 4.74 Å². The van der Waals surface area contributed by atoms with Gasteiger partial charge in [0, 0.05) is 24.9 Å². The van der Waals surface area contributed by atoms with Crippen LogP contribution < -0.4 is 26.0 Å². The van der Waals surface area contributed by atoms with Crippen molar-refractivity contribution in [2.75, 3.05) is 20.2 Å². The molecule has 2 heterocycles. The van der Waals surface area contributed by atoms with Crippen LogP contribution in [0.25, 0.3) is 0 Å². The Morgan fingerprint density at radius 1 is 0.920 bits per heavy atom. The number of urea groups is 2. The lowest BCUT2D eigenvalue weighted by Crippen LogP contribution is -2.60. The van der Waals surface area contributed by atoms with Crippen molar-refractivity contribution >= 4 is 23.9 Å². The summed E-state index contributed by atoms with van der Waals surface area (Å²) < 4.78 is 5.14.